The molecule has 1 heterocycles. The van der Waals surface area contributed by atoms with Gasteiger partial charge in [0.15, 0.2) is 5.11 Å². The normalized spacial score (nSPS) is 19.6. The van der Waals surface area contributed by atoms with Crippen molar-refractivity contribution in [3.8, 4) is 0 Å². The van der Waals surface area contributed by atoms with Gasteiger partial charge in [0.1, 0.15) is 0 Å². The molecule has 128 valence electrons. The number of thiocarbonyl (C=S) groups is 1. The molecule has 0 spiro atoms. The standard InChI is InChI=1S/C16H25N3O2S2/c1-12(2)17-16(22)18-14-7-9-15(10-8-14)23(20,21)19-11-5-4-6-13(19)3/h7-10,12-13H,4-6,11H2,1-3H3,(H2,17,18,22). The van der Waals surface area contributed by atoms with Gasteiger partial charge in [0, 0.05) is 24.3 Å². The van der Waals surface area contributed by atoms with E-state index in [1.54, 1.807) is 28.6 Å². The molecular weight excluding hydrogens is 330 g/mol. The highest BCUT2D eigenvalue weighted by atomic mass is 32.2. The van der Waals surface area contributed by atoms with Crippen LogP contribution in [0.5, 0.6) is 0 Å². The van der Waals surface area contributed by atoms with Crippen LogP contribution in [0.3, 0.4) is 0 Å². The summed E-state index contributed by atoms with van der Waals surface area (Å²) >= 11 is 5.19. The number of benzene rings is 1. The second-order valence-electron chi connectivity index (χ2n) is 6.24. The zero-order valence-corrected chi connectivity index (χ0v) is 15.5. The molecule has 2 rings (SSSR count). The molecule has 0 amide bonds. The van der Waals surface area contributed by atoms with E-state index in [-0.39, 0.29) is 12.1 Å². The summed E-state index contributed by atoms with van der Waals surface area (Å²) in [7, 11) is -3.42. The van der Waals surface area contributed by atoms with Gasteiger partial charge in [0.05, 0.1) is 4.90 Å². The van der Waals surface area contributed by atoms with Crippen molar-refractivity contribution in [2.75, 3.05) is 11.9 Å². The minimum atomic E-state index is -3.42. The van der Waals surface area contributed by atoms with Gasteiger partial charge in [0.2, 0.25) is 10.0 Å². The maximum Gasteiger partial charge on any atom is 0.243 e. The van der Waals surface area contributed by atoms with Crippen molar-refractivity contribution >= 4 is 33.0 Å². The Morgan fingerprint density at radius 1 is 1.26 bits per heavy atom. The predicted molar refractivity (Wildman–Crippen MR) is 98.1 cm³/mol. The van der Waals surface area contributed by atoms with Gasteiger partial charge >= 0.3 is 0 Å². The van der Waals surface area contributed by atoms with Crippen molar-refractivity contribution in [3.63, 3.8) is 0 Å². The van der Waals surface area contributed by atoms with Gasteiger partial charge in [-0.2, -0.15) is 4.31 Å². The summed E-state index contributed by atoms with van der Waals surface area (Å²) in [6, 6.07) is 7.07. The molecule has 1 saturated heterocycles. The highest BCUT2D eigenvalue weighted by Crippen LogP contribution is 2.25. The SMILES string of the molecule is CC(C)NC(=S)Nc1ccc(S(=O)(=O)N2CCCCC2C)cc1. The lowest BCUT2D eigenvalue weighted by atomic mass is 10.1. The summed E-state index contributed by atoms with van der Waals surface area (Å²) in [6.07, 6.45) is 2.95. The first kappa shape index (κ1) is 18.2. The fraction of sp³-hybridized carbons (Fsp3) is 0.562. The molecule has 5 nitrogen and oxygen atoms in total. The van der Waals surface area contributed by atoms with E-state index in [4.69, 9.17) is 12.2 Å². The maximum atomic E-state index is 12.7. The minimum absolute atomic E-state index is 0.0642. The van der Waals surface area contributed by atoms with Crippen LogP contribution in [0.4, 0.5) is 5.69 Å². The number of anilines is 1. The van der Waals surface area contributed by atoms with E-state index in [1.807, 2.05) is 20.8 Å². The summed E-state index contributed by atoms with van der Waals surface area (Å²) in [5.41, 5.74) is 0.772. The lowest BCUT2D eigenvalue weighted by Gasteiger charge is -2.32. The third-order valence-electron chi connectivity index (χ3n) is 3.88. The number of sulfonamides is 1. The average Bonchev–Trinajstić information content (AvgIpc) is 2.47. The second-order valence-corrected chi connectivity index (χ2v) is 8.54. The molecule has 1 unspecified atom stereocenters. The Morgan fingerprint density at radius 2 is 1.91 bits per heavy atom. The lowest BCUT2D eigenvalue weighted by Crippen LogP contribution is -2.41. The summed E-state index contributed by atoms with van der Waals surface area (Å²) in [4.78, 5) is 0.333. The third-order valence-corrected chi connectivity index (χ3v) is 6.13. The van der Waals surface area contributed by atoms with Gasteiger partial charge in [-0.3, -0.25) is 0 Å². The molecule has 0 bridgehead atoms. The van der Waals surface area contributed by atoms with Crippen molar-refractivity contribution < 1.29 is 8.42 Å². The van der Waals surface area contributed by atoms with Crippen LogP contribution in [0.15, 0.2) is 29.2 Å². The van der Waals surface area contributed by atoms with E-state index < -0.39 is 10.0 Å². The van der Waals surface area contributed by atoms with Gasteiger partial charge in [-0.15, -0.1) is 0 Å². The van der Waals surface area contributed by atoms with Crippen molar-refractivity contribution in [1.29, 1.82) is 0 Å². The zero-order chi connectivity index (χ0) is 17.0. The summed E-state index contributed by atoms with van der Waals surface area (Å²) in [5, 5.41) is 6.67. The van der Waals surface area contributed by atoms with Crippen molar-refractivity contribution in [3.05, 3.63) is 24.3 Å². The minimum Gasteiger partial charge on any atom is -0.360 e. The number of rotatable bonds is 4. The molecule has 0 aromatic heterocycles. The first-order chi connectivity index (χ1) is 10.8. The predicted octanol–water partition coefficient (Wildman–Crippen LogP) is 2.94. The van der Waals surface area contributed by atoms with Gasteiger partial charge in [-0.1, -0.05) is 6.42 Å². The molecule has 1 aromatic carbocycles. The van der Waals surface area contributed by atoms with Crippen molar-refractivity contribution in [2.24, 2.45) is 0 Å². The van der Waals surface area contributed by atoms with Crippen LogP contribution in [0, 0.1) is 0 Å². The summed E-state index contributed by atoms with van der Waals surface area (Å²) in [5.74, 6) is 0. The number of nitrogens with zero attached hydrogens (tertiary/aromatic N) is 1. The highest BCUT2D eigenvalue weighted by Gasteiger charge is 2.30. The molecule has 7 heteroatoms. The number of nitrogens with one attached hydrogen (secondary N) is 2. The fourth-order valence-corrected chi connectivity index (χ4v) is 4.76. The molecular formula is C16H25N3O2S2. The van der Waals surface area contributed by atoms with Crippen molar-refractivity contribution in [2.45, 2.75) is 57.0 Å². The van der Waals surface area contributed by atoms with Gasteiger partial charge in [0.25, 0.3) is 0 Å². The number of hydrogen-bond donors (Lipinski definition) is 2. The third kappa shape index (κ3) is 4.65. The van der Waals surface area contributed by atoms with Crippen LogP contribution in [0.25, 0.3) is 0 Å². The first-order valence-electron chi connectivity index (χ1n) is 8.00. The molecule has 0 saturated carbocycles. The fourth-order valence-electron chi connectivity index (χ4n) is 2.70. The van der Waals surface area contributed by atoms with Gasteiger partial charge in [-0.05, 0) is 70.1 Å². The Labute approximate surface area is 144 Å². The Balaban J connectivity index is 2.10. The lowest BCUT2D eigenvalue weighted by molar-refractivity contribution is 0.268. The Hall–Kier alpha value is -1.18. The van der Waals surface area contributed by atoms with Gasteiger partial charge < -0.3 is 10.6 Å². The molecule has 1 aliphatic rings. The Morgan fingerprint density at radius 3 is 2.48 bits per heavy atom. The maximum absolute atomic E-state index is 12.7. The number of piperidine rings is 1. The largest absolute Gasteiger partial charge is 0.360 e. The van der Waals surface area contributed by atoms with E-state index in [0.29, 0.717) is 16.6 Å². The van der Waals surface area contributed by atoms with Crippen LogP contribution in [-0.4, -0.2) is 36.5 Å². The Bertz CT molecular complexity index is 642. The molecule has 0 radical (unpaired) electrons. The highest BCUT2D eigenvalue weighted by molar-refractivity contribution is 7.89. The monoisotopic (exact) mass is 355 g/mol. The van der Waals surface area contributed by atoms with E-state index in [1.165, 1.54) is 0 Å². The van der Waals surface area contributed by atoms with Crippen LogP contribution >= 0.6 is 12.2 Å². The van der Waals surface area contributed by atoms with Crippen molar-refractivity contribution in [1.82, 2.24) is 9.62 Å². The quantitative estimate of drug-likeness (QED) is 0.813. The summed E-state index contributed by atoms with van der Waals surface area (Å²) < 4.78 is 27.1. The number of hydrogen-bond acceptors (Lipinski definition) is 3. The van der Waals surface area contributed by atoms with E-state index in [2.05, 4.69) is 10.6 Å². The Kier molecular flexibility index (Phi) is 6.00. The molecule has 1 aromatic rings. The summed E-state index contributed by atoms with van der Waals surface area (Å²) in [6.45, 7) is 6.58. The van der Waals surface area contributed by atoms with Crippen LogP contribution < -0.4 is 10.6 Å². The van der Waals surface area contributed by atoms with E-state index in [9.17, 15) is 8.42 Å². The van der Waals surface area contributed by atoms with Crippen LogP contribution in [0.1, 0.15) is 40.0 Å². The van der Waals surface area contributed by atoms with E-state index >= 15 is 0 Å². The van der Waals surface area contributed by atoms with Gasteiger partial charge in [-0.25, -0.2) is 8.42 Å². The molecule has 2 N–H and O–H groups in total. The van der Waals surface area contributed by atoms with Crippen LogP contribution in [-0.2, 0) is 10.0 Å². The topological polar surface area (TPSA) is 61.4 Å². The smallest absolute Gasteiger partial charge is 0.243 e. The van der Waals surface area contributed by atoms with E-state index in [0.717, 1.165) is 24.9 Å². The zero-order valence-electron chi connectivity index (χ0n) is 13.9. The first-order valence-corrected chi connectivity index (χ1v) is 9.85. The molecule has 23 heavy (non-hydrogen) atoms. The molecule has 0 aliphatic carbocycles. The molecule has 1 aliphatic heterocycles. The van der Waals surface area contributed by atoms with Crippen LogP contribution in [0.2, 0.25) is 0 Å². The molecule has 1 fully saturated rings. The second kappa shape index (κ2) is 7.59. The molecule has 1 atom stereocenters. The average molecular weight is 356 g/mol.